The van der Waals surface area contributed by atoms with Crippen molar-refractivity contribution in [1.29, 1.82) is 0 Å². The molecule has 2 aromatic rings. The molecule has 8 nitrogen and oxygen atoms in total. The average molecular weight is 239 g/mol. The molecule has 0 unspecified atom stereocenters. The highest BCUT2D eigenvalue weighted by molar-refractivity contribution is 7.15. The van der Waals surface area contributed by atoms with Crippen molar-refractivity contribution in [2.24, 2.45) is 0 Å². The first-order valence-corrected chi connectivity index (χ1v) is 5.44. The fourth-order valence-electron chi connectivity index (χ4n) is 1.01. The highest BCUT2D eigenvalue weighted by Gasteiger charge is 2.10. The van der Waals surface area contributed by atoms with Crippen LogP contribution < -0.4 is 5.32 Å². The molecule has 0 aromatic carbocycles. The Morgan fingerprint density at radius 2 is 2.31 bits per heavy atom. The van der Waals surface area contributed by atoms with Gasteiger partial charge in [0.1, 0.15) is 5.01 Å². The van der Waals surface area contributed by atoms with E-state index < -0.39 is 0 Å². The monoisotopic (exact) mass is 239 g/mol. The Labute approximate surface area is 94.5 Å². The van der Waals surface area contributed by atoms with Crippen LogP contribution in [0.25, 0.3) is 0 Å². The number of aromatic nitrogens is 6. The van der Waals surface area contributed by atoms with Gasteiger partial charge in [-0.2, -0.15) is 5.21 Å². The molecule has 0 spiro atoms. The lowest BCUT2D eigenvalue weighted by atomic mass is 10.4. The second-order valence-corrected chi connectivity index (χ2v) is 3.97. The molecule has 0 aliphatic heterocycles. The predicted molar refractivity (Wildman–Crippen MR) is 55.8 cm³/mol. The lowest BCUT2D eigenvalue weighted by Crippen LogP contribution is -2.15. The lowest BCUT2D eigenvalue weighted by molar-refractivity contribution is -0.115. The Bertz CT molecular complexity index is 465. The highest BCUT2D eigenvalue weighted by Crippen LogP contribution is 2.15. The number of hydrogen-bond donors (Lipinski definition) is 2. The fraction of sp³-hybridized carbons (Fsp3) is 0.429. The molecule has 2 rings (SSSR count). The van der Waals surface area contributed by atoms with Gasteiger partial charge >= 0.3 is 0 Å². The number of rotatable bonds is 4. The number of aromatic amines is 1. The highest BCUT2D eigenvalue weighted by atomic mass is 32.1. The van der Waals surface area contributed by atoms with Gasteiger partial charge in [-0.05, 0) is 6.42 Å². The summed E-state index contributed by atoms with van der Waals surface area (Å²) in [5, 5.41) is 24.7. The third-order valence-corrected chi connectivity index (χ3v) is 2.71. The van der Waals surface area contributed by atoms with Crippen molar-refractivity contribution in [3.63, 3.8) is 0 Å². The van der Waals surface area contributed by atoms with E-state index in [1.165, 1.54) is 11.3 Å². The SMILES string of the molecule is CCc1nnc(NC(=O)Cc2nn[nH]n2)s1. The smallest absolute Gasteiger partial charge is 0.234 e. The number of hydrogen-bond acceptors (Lipinski definition) is 7. The minimum absolute atomic E-state index is 0.0670. The Kier molecular flexibility index (Phi) is 3.15. The second kappa shape index (κ2) is 4.75. The number of nitrogens with one attached hydrogen (secondary N) is 2. The summed E-state index contributed by atoms with van der Waals surface area (Å²) in [6, 6.07) is 0. The Morgan fingerprint density at radius 3 is 2.94 bits per heavy atom. The second-order valence-electron chi connectivity index (χ2n) is 2.91. The molecule has 16 heavy (non-hydrogen) atoms. The van der Waals surface area contributed by atoms with E-state index in [-0.39, 0.29) is 12.3 Å². The largest absolute Gasteiger partial charge is 0.300 e. The third kappa shape index (κ3) is 2.57. The third-order valence-electron chi connectivity index (χ3n) is 1.72. The molecule has 9 heteroatoms. The molecule has 0 saturated carbocycles. The topological polar surface area (TPSA) is 109 Å². The molecule has 0 radical (unpaired) electrons. The Morgan fingerprint density at radius 1 is 1.44 bits per heavy atom. The minimum atomic E-state index is -0.236. The van der Waals surface area contributed by atoms with E-state index in [0.717, 1.165) is 11.4 Å². The Hall–Kier alpha value is -1.90. The number of amides is 1. The van der Waals surface area contributed by atoms with E-state index in [1.54, 1.807) is 0 Å². The van der Waals surface area contributed by atoms with Crippen LogP contribution >= 0.6 is 11.3 Å². The molecular formula is C7H9N7OS. The van der Waals surface area contributed by atoms with Gasteiger partial charge in [0.25, 0.3) is 0 Å². The zero-order chi connectivity index (χ0) is 11.4. The number of tetrazole rings is 1. The van der Waals surface area contributed by atoms with Crippen LogP contribution in [0.2, 0.25) is 0 Å². The first kappa shape index (κ1) is 10.6. The average Bonchev–Trinajstić information content (AvgIpc) is 2.89. The van der Waals surface area contributed by atoms with Gasteiger partial charge in [-0.3, -0.25) is 4.79 Å². The van der Waals surface area contributed by atoms with Gasteiger partial charge in [-0.15, -0.1) is 20.4 Å². The van der Waals surface area contributed by atoms with Gasteiger partial charge in [0, 0.05) is 0 Å². The zero-order valence-electron chi connectivity index (χ0n) is 8.47. The van der Waals surface area contributed by atoms with E-state index in [2.05, 4.69) is 36.1 Å². The van der Waals surface area contributed by atoms with E-state index in [1.807, 2.05) is 6.92 Å². The summed E-state index contributed by atoms with van der Waals surface area (Å²) < 4.78 is 0. The summed E-state index contributed by atoms with van der Waals surface area (Å²) in [5.41, 5.74) is 0. The lowest BCUT2D eigenvalue weighted by Gasteiger charge is -1.96. The van der Waals surface area contributed by atoms with Crippen LogP contribution in [0.3, 0.4) is 0 Å². The van der Waals surface area contributed by atoms with E-state index in [4.69, 9.17) is 0 Å². The number of carbonyl (C=O) groups is 1. The summed E-state index contributed by atoms with van der Waals surface area (Å²) in [6.45, 7) is 1.98. The summed E-state index contributed by atoms with van der Waals surface area (Å²) in [5.74, 6) is 0.109. The van der Waals surface area contributed by atoms with E-state index in [0.29, 0.717) is 11.0 Å². The maximum atomic E-state index is 11.5. The van der Waals surface area contributed by atoms with Crippen molar-refractivity contribution in [3.8, 4) is 0 Å². The maximum Gasteiger partial charge on any atom is 0.234 e. The molecule has 2 N–H and O–H groups in total. The number of nitrogens with zero attached hydrogens (tertiary/aromatic N) is 5. The molecule has 0 bridgehead atoms. The molecule has 0 aliphatic carbocycles. The summed E-state index contributed by atoms with van der Waals surface area (Å²) in [4.78, 5) is 11.5. The first-order valence-electron chi connectivity index (χ1n) is 4.62. The molecule has 0 saturated heterocycles. The number of anilines is 1. The van der Waals surface area contributed by atoms with Gasteiger partial charge in [0.2, 0.25) is 11.0 Å². The molecular weight excluding hydrogens is 230 g/mol. The van der Waals surface area contributed by atoms with Crippen molar-refractivity contribution >= 4 is 22.4 Å². The van der Waals surface area contributed by atoms with Gasteiger partial charge in [0.05, 0.1) is 6.42 Å². The standard InChI is InChI=1S/C7H9N7OS/c1-2-6-11-12-7(16-6)8-5(15)3-4-9-13-14-10-4/h2-3H2,1H3,(H,8,12,15)(H,9,10,13,14). The summed E-state index contributed by atoms with van der Waals surface area (Å²) >= 11 is 1.36. The number of H-pyrrole nitrogens is 1. The van der Waals surface area contributed by atoms with Crippen LogP contribution in [0.5, 0.6) is 0 Å². The predicted octanol–water partition coefficient (Wildman–Crippen LogP) is -0.205. The molecule has 2 heterocycles. The fourth-order valence-corrected chi connectivity index (χ4v) is 1.71. The van der Waals surface area contributed by atoms with Crippen LogP contribution in [-0.2, 0) is 17.6 Å². The van der Waals surface area contributed by atoms with Crippen LogP contribution in [-0.4, -0.2) is 36.7 Å². The van der Waals surface area contributed by atoms with Crippen molar-refractivity contribution in [2.75, 3.05) is 5.32 Å². The first-order chi connectivity index (χ1) is 7.78. The Balaban J connectivity index is 1.92. The molecule has 2 aromatic heterocycles. The van der Waals surface area contributed by atoms with Gasteiger partial charge < -0.3 is 5.32 Å². The molecule has 1 amide bonds. The van der Waals surface area contributed by atoms with Crippen LogP contribution in [0, 0.1) is 0 Å². The molecule has 0 atom stereocenters. The van der Waals surface area contributed by atoms with Gasteiger partial charge in [-0.1, -0.05) is 23.5 Å². The van der Waals surface area contributed by atoms with Crippen molar-refractivity contribution in [1.82, 2.24) is 30.8 Å². The van der Waals surface area contributed by atoms with Gasteiger partial charge in [-0.25, -0.2) is 0 Å². The van der Waals surface area contributed by atoms with E-state index >= 15 is 0 Å². The molecule has 0 fully saturated rings. The summed E-state index contributed by atoms with van der Waals surface area (Å²) in [7, 11) is 0. The molecule has 0 aliphatic rings. The van der Waals surface area contributed by atoms with Gasteiger partial charge in [0.15, 0.2) is 5.82 Å². The number of aryl methyl sites for hydroxylation is 1. The number of carbonyl (C=O) groups excluding carboxylic acids is 1. The molecule has 84 valence electrons. The quantitative estimate of drug-likeness (QED) is 0.764. The normalized spacial score (nSPS) is 10.3. The van der Waals surface area contributed by atoms with Crippen LogP contribution in [0.1, 0.15) is 17.8 Å². The zero-order valence-corrected chi connectivity index (χ0v) is 9.28. The summed E-state index contributed by atoms with van der Waals surface area (Å²) in [6.07, 6.45) is 0.871. The van der Waals surface area contributed by atoms with Crippen molar-refractivity contribution in [3.05, 3.63) is 10.8 Å². The maximum absolute atomic E-state index is 11.5. The van der Waals surface area contributed by atoms with Crippen LogP contribution in [0.4, 0.5) is 5.13 Å². The van der Waals surface area contributed by atoms with Crippen molar-refractivity contribution in [2.45, 2.75) is 19.8 Å². The minimum Gasteiger partial charge on any atom is -0.300 e. The van der Waals surface area contributed by atoms with E-state index in [9.17, 15) is 4.79 Å². The van der Waals surface area contributed by atoms with Crippen molar-refractivity contribution < 1.29 is 4.79 Å². The van der Waals surface area contributed by atoms with Crippen LogP contribution in [0.15, 0.2) is 0 Å².